The number of imide groups is 1. The molecule has 20 heavy (non-hydrogen) atoms. The first kappa shape index (κ1) is 14.8. The van der Waals surface area contributed by atoms with Gasteiger partial charge in [-0.15, -0.1) is 24.0 Å². The number of fused-ring (bicyclic) bond motifs is 1. The van der Waals surface area contributed by atoms with Crippen LogP contribution in [0.3, 0.4) is 0 Å². The van der Waals surface area contributed by atoms with Crippen LogP contribution in [0.5, 0.6) is 0 Å². The second-order valence-corrected chi connectivity index (χ2v) is 4.77. The monoisotopic (exact) mass is 387 g/mol. The number of nitrogens with two attached hydrogens (primary N) is 1. The molecule has 1 aromatic carbocycles. The van der Waals surface area contributed by atoms with E-state index in [4.69, 9.17) is 5.73 Å². The van der Waals surface area contributed by atoms with Gasteiger partial charge in [0.2, 0.25) is 11.8 Å². The van der Waals surface area contributed by atoms with E-state index in [1.807, 2.05) is 0 Å². The van der Waals surface area contributed by atoms with Crippen LogP contribution in [0, 0.1) is 0 Å². The normalized spacial score (nSPS) is 21.3. The molecular weight excluding hydrogens is 373 g/mol. The van der Waals surface area contributed by atoms with Crippen molar-refractivity contribution in [1.29, 1.82) is 0 Å². The number of hydrogen-bond acceptors (Lipinski definition) is 4. The van der Waals surface area contributed by atoms with Gasteiger partial charge in [0.15, 0.2) is 0 Å². The molecule has 2 aliphatic heterocycles. The molecule has 0 spiro atoms. The second-order valence-electron chi connectivity index (χ2n) is 4.77. The molecule has 3 N–H and O–H groups in total. The van der Waals surface area contributed by atoms with Crippen molar-refractivity contribution in [3.8, 4) is 0 Å². The molecule has 1 unspecified atom stereocenters. The lowest BCUT2D eigenvalue weighted by molar-refractivity contribution is -0.136. The third-order valence-electron chi connectivity index (χ3n) is 3.62. The first-order chi connectivity index (χ1) is 9.08. The van der Waals surface area contributed by atoms with Gasteiger partial charge in [0.1, 0.15) is 6.04 Å². The van der Waals surface area contributed by atoms with Gasteiger partial charge in [-0.2, -0.15) is 0 Å². The number of piperidine rings is 1. The highest BCUT2D eigenvalue weighted by Gasteiger charge is 2.39. The van der Waals surface area contributed by atoms with Crippen molar-refractivity contribution in [2.75, 3.05) is 5.73 Å². The zero-order valence-corrected chi connectivity index (χ0v) is 12.9. The lowest BCUT2D eigenvalue weighted by Gasteiger charge is -2.29. The van der Waals surface area contributed by atoms with E-state index in [1.54, 1.807) is 18.2 Å². The summed E-state index contributed by atoms with van der Waals surface area (Å²) in [5, 5.41) is 2.27. The first-order valence-corrected chi connectivity index (χ1v) is 6.10. The number of nitrogens with zero attached hydrogens (tertiary/aromatic N) is 1. The third kappa shape index (κ3) is 2.26. The van der Waals surface area contributed by atoms with Crippen molar-refractivity contribution in [2.24, 2.45) is 0 Å². The topological polar surface area (TPSA) is 92.5 Å². The molecule has 0 radical (unpaired) electrons. The Kier molecular flexibility index (Phi) is 3.98. The van der Waals surface area contributed by atoms with Crippen molar-refractivity contribution in [2.45, 2.75) is 25.4 Å². The summed E-state index contributed by atoms with van der Waals surface area (Å²) in [7, 11) is 0. The molecule has 0 bridgehead atoms. The lowest BCUT2D eigenvalue weighted by Crippen LogP contribution is -2.52. The van der Waals surface area contributed by atoms with Crippen molar-refractivity contribution in [3.05, 3.63) is 29.3 Å². The summed E-state index contributed by atoms with van der Waals surface area (Å²) in [4.78, 5) is 36.7. The van der Waals surface area contributed by atoms with E-state index >= 15 is 0 Å². The van der Waals surface area contributed by atoms with Gasteiger partial charge in [0, 0.05) is 29.8 Å². The van der Waals surface area contributed by atoms with E-state index in [2.05, 4.69) is 5.32 Å². The Morgan fingerprint density at radius 3 is 2.65 bits per heavy atom. The molecule has 6 nitrogen and oxygen atoms in total. The third-order valence-corrected chi connectivity index (χ3v) is 3.62. The van der Waals surface area contributed by atoms with Crippen molar-refractivity contribution in [1.82, 2.24) is 10.2 Å². The highest BCUT2D eigenvalue weighted by molar-refractivity contribution is 14.0. The molecule has 106 valence electrons. The van der Waals surface area contributed by atoms with Crippen LogP contribution in [0.2, 0.25) is 0 Å². The minimum Gasteiger partial charge on any atom is -0.398 e. The van der Waals surface area contributed by atoms with Gasteiger partial charge in [-0.05, 0) is 18.6 Å². The molecule has 1 fully saturated rings. The minimum atomic E-state index is -0.586. The molecule has 0 aromatic heterocycles. The fourth-order valence-electron chi connectivity index (χ4n) is 2.61. The number of halogens is 1. The Morgan fingerprint density at radius 1 is 1.25 bits per heavy atom. The van der Waals surface area contributed by atoms with Crippen LogP contribution in [0.25, 0.3) is 0 Å². The van der Waals surface area contributed by atoms with Crippen LogP contribution in [0.1, 0.15) is 28.8 Å². The first-order valence-electron chi connectivity index (χ1n) is 6.10. The van der Waals surface area contributed by atoms with E-state index in [1.165, 1.54) is 4.90 Å². The Labute approximate surface area is 132 Å². The standard InChI is InChI=1S/C13H13N3O3.HI/c14-9-3-1-2-7-8(9)6-16(13(7)19)10-4-5-11(17)15-12(10)18;/h1-3,10H,4-6,14H2,(H,15,17,18);1H. The molecule has 7 heteroatoms. The summed E-state index contributed by atoms with van der Waals surface area (Å²) in [5.74, 6) is -0.891. The van der Waals surface area contributed by atoms with Crippen LogP contribution in [0.15, 0.2) is 18.2 Å². The maximum Gasteiger partial charge on any atom is 0.255 e. The summed E-state index contributed by atoms with van der Waals surface area (Å²) < 4.78 is 0. The highest BCUT2D eigenvalue weighted by atomic mass is 127. The summed E-state index contributed by atoms with van der Waals surface area (Å²) in [5.41, 5.74) is 7.71. The van der Waals surface area contributed by atoms with Gasteiger partial charge in [-0.3, -0.25) is 19.7 Å². The molecule has 1 saturated heterocycles. The van der Waals surface area contributed by atoms with Crippen molar-refractivity contribution in [3.63, 3.8) is 0 Å². The van der Waals surface area contributed by atoms with Crippen LogP contribution in [-0.2, 0) is 16.1 Å². The molecule has 1 atom stereocenters. The summed E-state index contributed by atoms with van der Waals surface area (Å²) in [6.45, 7) is 0.327. The number of amides is 3. The van der Waals surface area contributed by atoms with Crippen molar-refractivity contribution >= 4 is 47.4 Å². The molecule has 2 aliphatic rings. The summed E-state index contributed by atoms with van der Waals surface area (Å²) >= 11 is 0. The largest absolute Gasteiger partial charge is 0.398 e. The lowest BCUT2D eigenvalue weighted by atomic mass is 10.0. The SMILES string of the molecule is I.Nc1cccc2c1CN(C1CCC(=O)NC1=O)C2=O. The van der Waals surface area contributed by atoms with Crippen LogP contribution >= 0.6 is 24.0 Å². The molecule has 3 amide bonds. The molecule has 1 aromatic rings. The van der Waals surface area contributed by atoms with Gasteiger partial charge >= 0.3 is 0 Å². The van der Waals surface area contributed by atoms with E-state index in [-0.39, 0.29) is 42.2 Å². The number of nitrogens with one attached hydrogen (secondary N) is 1. The fraction of sp³-hybridized carbons (Fsp3) is 0.308. The van der Waals surface area contributed by atoms with E-state index in [9.17, 15) is 14.4 Å². The maximum atomic E-state index is 12.3. The average Bonchev–Trinajstić information content (AvgIpc) is 2.69. The Hall–Kier alpha value is -1.64. The van der Waals surface area contributed by atoms with Crippen LogP contribution < -0.4 is 11.1 Å². The van der Waals surface area contributed by atoms with Gasteiger partial charge in [-0.1, -0.05) is 6.07 Å². The van der Waals surface area contributed by atoms with Gasteiger partial charge in [0.05, 0.1) is 0 Å². The number of nitrogen functional groups attached to an aromatic ring is 1. The van der Waals surface area contributed by atoms with E-state index in [0.29, 0.717) is 24.2 Å². The average molecular weight is 387 g/mol. The van der Waals surface area contributed by atoms with Crippen LogP contribution in [0.4, 0.5) is 5.69 Å². The molecular formula is C13H14IN3O3. The van der Waals surface area contributed by atoms with Gasteiger partial charge in [-0.25, -0.2) is 0 Å². The predicted octanol–water partition coefficient (Wildman–Crippen LogP) is 0.648. The number of anilines is 1. The zero-order valence-electron chi connectivity index (χ0n) is 10.6. The van der Waals surface area contributed by atoms with E-state index < -0.39 is 11.9 Å². The predicted molar refractivity (Wildman–Crippen MR) is 82.3 cm³/mol. The van der Waals surface area contributed by atoms with Crippen molar-refractivity contribution < 1.29 is 14.4 Å². The number of hydrogen-bond donors (Lipinski definition) is 2. The van der Waals surface area contributed by atoms with Gasteiger partial charge in [0.25, 0.3) is 5.91 Å². The molecule has 0 aliphatic carbocycles. The smallest absolute Gasteiger partial charge is 0.255 e. The quantitative estimate of drug-likeness (QED) is 0.421. The Balaban J connectivity index is 0.00000147. The fourth-order valence-corrected chi connectivity index (χ4v) is 2.61. The van der Waals surface area contributed by atoms with E-state index in [0.717, 1.165) is 5.56 Å². The van der Waals surface area contributed by atoms with Crippen LogP contribution in [-0.4, -0.2) is 28.7 Å². The highest BCUT2D eigenvalue weighted by Crippen LogP contribution is 2.30. The van der Waals surface area contributed by atoms with Gasteiger partial charge < -0.3 is 10.6 Å². The summed E-state index contributed by atoms with van der Waals surface area (Å²) in [6.07, 6.45) is 0.621. The molecule has 0 saturated carbocycles. The summed E-state index contributed by atoms with van der Waals surface area (Å²) in [6, 6.07) is 4.58. The zero-order chi connectivity index (χ0) is 13.6. The minimum absolute atomic E-state index is 0. The Bertz CT molecular complexity index is 603. The molecule has 2 heterocycles. The Morgan fingerprint density at radius 2 is 2.00 bits per heavy atom. The molecule has 3 rings (SSSR count). The maximum absolute atomic E-state index is 12.3. The second kappa shape index (κ2) is 5.39. The number of rotatable bonds is 1. The number of carbonyl (C=O) groups is 3. The number of benzene rings is 1. The number of carbonyl (C=O) groups excluding carboxylic acids is 3.